The van der Waals surface area contributed by atoms with E-state index in [2.05, 4.69) is 4.98 Å². The maximum absolute atomic E-state index is 11.7. The molecule has 0 atom stereocenters. The second-order valence-electron chi connectivity index (χ2n) is 3.53. The molecule has 1 aliphatic rings. The lowest BCUT2D eigenvalue weighted by molar-refractivity contribution is 0.286. The van der Waals surface area contributed by atoms with Crippen LogP contribution < -0.4 is 11.4 Å². The Balaban J connectivity index is 2.71. The van der Waals surface area contributed by atoms with Crippen LogP contribution in [-0.4, -0.2) is 14.1 Å². The highest BCUT2D eigenvalue weighted by Gasteiger charge is 2.23. The fourth-order valence-electron chi connectivity index (χ4n) is 1.54. The molecule has 1 aliphatic carbocycles. The summed E-state index contributed by atoms with van der Waals surface area (Å²) in [5, 5.41) is 0. The van der Waals surface area contributed by atoms with E-state index in [-0.39, 0.29) is 22.2 Å². The lowest BCUT2D eigenvalue weighted by atomic mass is 9.93. The van der Waals surface area contributed by atoms with Gasteiger partial charge in [0.2, 0.25) is 0 Å². The summed E-state index contributed by atoms with van der Waals surface area (Å²) in [7, 11) is 1.57. The van der Waals surface area contributed by atoms with Crippen molar-refractivity contribution in [3.63, 3.8) is 0 Å². The van der Waals surface area contributed by atoms with E-state index in [1.165, 1.54) is 9.13 Å². The minimum absolute atomic E-state index is 0.0630. The molecule has 0 saturated heterocycles. The van der Waals surface area contributed by atoms with E-state index in [1.807, 2.05) is 0 Å². The zero-order valence-electron chi connectivity index (χ0n) is 7.82. The molecule has 0 bridgehead atoms. The SMILES string of the molecule is Cn1c(=S)[nH]c(=O)n(C2CCC2)c1=O. The summed E-state index contributed by atoms with van der Waals surface area (Å²) in [5.74, 6) is 0. The number of rotatable bonds is 1. The lowest BCUT2D eigenvalue weighted by Crippen LogP contribution is -2.44. The predicted molar refractivity (Wildman–Crippen MR) is 54.0 cm³/mol. The summed E-state index contributed by atoms with van der Waals surface area (Å²) in [4.78, 5) is 25.6. The van der Waals surface area contributed by atoms with Crippen molar-refractivity contribution in [3.05, 3.63) is 25.7 Å². The topological polar surface area (TPSA) is 59.8 Å². The summed E-state index contributed by atoms with van der Waals surface area (Å²) < 4.78 is 2.73. The van der Waals surface area contributed by atoms with Gasteiger partial charge in [0, 0.05) is 13.1 Å². The summed E-state index contributed by atoms with van der Waals surface area (Å²) in [5.41, 5.74) is -0.703. The molecule has 1 N–H and O–H groups in total. The molecule has 0 unspecified atom stereocenters. The monoisotopic (exact) mass is 213 g/mol. The molecule has 0 radical (unpaired) electrons. The highest BCUT2D eigenvalue weighted by atomic mass is 32.1. The Morgan fingerprint density at radius 3 is 2.57 bits per heavy atom. The van der Waals surface area contributed by atoms with Crippen LogP contribution in [0.25, 0.3) is 0 Å². The van der Waals surface area contributed by atoms with Gasteiger partial charge in [-0.2, -0.15) is 0 Å². The minimum atomic E-state index is -0.386. The van der Waals surface area contributed by atoms with Crippen LogP contribution in [0.2, 0.25) is 0 Å². The molecule has 14 heavy (non-hydrogen) atoms. The molecule has 1 aromatic rings. The van der Waals surface area contributed by atoms with E-state index in [1.54, 1.807) is 7.05 Å². The summed E-state index contributed by atoms with van der Waals surface area (Å²) in [6.45, 7) is 0. The highest BCUT2D eigenvalue weighted by Crippen LogP contribution is 2.28. The Morgan fingerprint density at radius 2 is 2.07 bits per heavy atom. The molecule has 2 rings (SSSR count). The minimum Gasteiger partial charge on any atom is -0.284 e. The molecule has 76 valence electrons. The zero-order valence-corrected chi connectivity index (χ0v) is 8.63. The van der Waals surface area contributed by atoms with E-state index in [0.29, 0.717) is 0 Å². The standard InChI is InChI=1S/C8H11N3O2S/c1-10-7(14)9-6(12)11(8(10)13)5-3-2-4-5/h5H,2-4H2,1H3,(H,9,12,14). The first-order valence-corrected chi connectivity index (χ1v) is 4.94. The van der Waals surface area contributed by atoms with Gasteiger partial charge < -0.3 is 0 Å². The average molecular weight is 213 g/mol. The molecule has 0 aliphatic heterocycles. The van der Waals surface area contributed by atoms with Crippen molar-refractivity contribution in [2.75, 3.05) is 0 Å². The largest absolute Gasteiger partial charge is 0.334 e. The van der Waals surface area contributed by atoms with Crippen molar-refractivity contribution in [2.24, 2.45) is 7.05 Å². The van der Waals surface area contributed by atoms with Crippen LogP contribution in [0.5, 0.6) is 0 Å². The zero-order chi connectivity index (χ0) is 10.3. The summed E-state index contributed by atoms with van der Waals surface area (Å²) >= 11 is 4.82. The Morgan fingerprint density at radius 1 is 1.43 bits per heavy atom. The van der Waals surface area contributed by atoms with E-state index in [4.69, 9.17) is 12.2 Å². The fourth-order valence-corrected chi connectivity index (χ4v) is 1.70. The fraction of sp³-hybridized carbons (Fsp3) is 0.625. The Bertz CT molecular complexity index is 521. The Labute approximate surface area is 85.0 Å². The van der Waals surface area contributed by atoms with E-state index >= 15 is 0 Å². The van der Waals surface area contributed by atoms with E-state index < -0.39 is 0 Å². The Kier molecular flexibility index (Phi) is 2.14. The van der Waals surface area contributed by atoms with Gasteiger partial charge in [-0.05, 0) is 31.5 Å². The summed E-state index contributed by atoms with van der Waals surface area (Å²) in [6.07, 6.45) is 2.88. The van der Waals surface area contributed by atoms with Gasteiger partial charge in [0.25, 0.3) is 0 Å². The molecular weight excluding hydrogens is 202 g/mol. The molecule has 1 aromatic heterocycles. The van der Waals surface area contributed by atoms with Crippen LogP contribution in [0.15, 0.2) is 9.59 Å². The third-order valence-corrected chi connectivity index (χ3v) is 3.05. The maximum Gasteiger partial charge on any atom is 0.334 e. The number of hydrogen-bond donors (Lipinski definition) is 1. The molecular formula is C8H11N3O2S. The lowest BCUT2D eigenvalue weighted by Gasteiger charge is -2.26. The van der Waals surface area contributed by atoms with E-state index in [0.717, 1.165) is 19.3 Å². The van der Waals surface area contributed by atoms with Crippen LogP contribution in [-0.2, 0) is 7.05 Å². The van der Waals surface area contributed by atoms with Crippen molar-refractivity contribution >= 4 is 12.2 Å². The quantitative estimate of drug-likeness (QED) is 0.684. The van der Waals surface area contributed by atoms with Crippen LogP contribution in [0.3, 0.4) is 0 Å². The van der Waals surface area contributed by atoms with Gasteiger partial charge in [0.05, 0.1) is 0 Å². The molecule has 0 amide bonds. The van der Waals surface area contributed by atoms with Crippen LogP contribution >= 0.6 is 12.2 Å². The smallest absolute Gasteiger partial charge is 0.284 e. The first kappa shape index (κ1) is 9.39. The van der Waals surface area contributed by atoms with Gasteiger partial charge in [-0.15, -0.1) is 0 Å². The van der Waals surface area contributed by atoms with Crippen molar-refractivity contribution in [1.82, 2.24) is 14.1 Å². The summed E-state index contributed by atoms with van der Waals surface area (Å²) in [6, 6.07) is 0.0630. The van der Waals surface area contributed by atoms with Gasteiger partial charge in [0.15, 0.2) is 4.77 Å². The van der Waals surface area contributed by atoms with Gasteiger partial charge in [-0.3, -0.25) is 9.55 Å². The maximum atomic E-state index is 11.7. The third kappa shape index (κ3) is 1.26. The van der Waals surface area contributed by atoms with Crippen molar-refractivity contribution < 1.29 is 0 Å². The number of hydrogen-bond acceptors (Lipinski definition) is 3. The van der Waals surface area contributed by atoms with Gasteiger partial charge >= 0.3 is 11.4 Å². The molecule has 1 fully saturated rings. The number of nitrogens with zero attached hydrogens (tertiary/aromatic N) is 2. The van der Waals surface area contributed by atoms with Crippen molar-refractivity contribution in [3.8, 4) is 0 Å². The van der Waals surface area contributed by atoms with Gasteiger partial charge in [-0.25, -0.2) is 14.2 Å². The van der Waals surface area contributed by atoms with Crippen LogP contribution in [0, 0.1) is 4.77 Å². The van der Waals surface area contributed by atoms with Crippen molar-refractivity contribution in [1.29, 1.82) is 0 Å². The van der Waals surface area contributed by atoms with E-state index in [9.17, 15) is 9.59 Å². The highest BCUT2D eigenvalue weighted by molar-refractivity contribution is 7.71. The van der Waals surface area contributed by atoms with Crippen LogP contribution in [0.1, 0.15) is 25.3 Å². The second-order valence-corrected chi connectivity index (χ2v) is 3.92. The van der Waals surface area contributed by atoms with Gasteiger partial charge in [-0.1, -0.05) is 0 Å². The number of aromatic nitrogens is 3. The number of aromatic amines is 1. The normalized spacial score (nSPS) is 16.6. The van der Waals surface area contributed by atoms with Gasteiger partial charge in [0.1, 0.15) is 0 Å². The second kappa shape index (κ2) is 3.20. The van der Waals surface area contributed by atoms with Crippen molar-refractivity contribution in [2.45, 2.75) is 25.3 Å². The molecule has 6 heteroatoms. The molecule has 0 aromatic carbocycles. The number of nitrogens with one attached hydrogen (secondary N) is 1. The number of H-pyrrole nitrogens is 1. The molecule has 5 nitrogen and oxygen atoms in total. The first-order chi connectivity index (χ1) is 6.61. The molecule has 1 saturated carbocycles. The Hall–Kier alpha value is -1.17. The third-order valence-electron chi connectivity index (χ3n) is 2.67. The predicted octanol–water partition coefficient (Wildman–Crippen LogP) is 0.330. The molecule has 0 spiro atoms. The molecule has 1 heterocycles. The first-order valence-electron chi connectivity index (χ1n) is 4.53. The van der Waals surface area contributed by atoms with Crippen LogP contribution in [0.4, 0.5) is 0 Å². The average Bonchev–Trinajstić information content (AvgIpc) is 2.05.